The highest BCUT2D eigenvalue weighted by Gasteiger charge is 2.24. The molecule has 0 radical (unpaired) electrons. The molecule has 5 nitrogen and oxygen atoms in total. The topological polar surface area (TPSA) is 51.0 Å². The molecule has 1 aromatic heterocycles. The van der Waals surface area contributed by atoms with Gasteiger partial charge in [0.1, 0.15) is 0 Å². The van der Waals surface area contributed by atoms with Crippen molar-refractivity contribution in [2.45, 2.75) is 13.8 Å². The van der Waals surface area contributed by atoms with Crippen molar-refractivity contribution >= 4 is 33.6 Å². The van der Waals surface area contributed by atoms with Gasteiger partial charge < -0.3 is 4.90 Å². The maximum absolute atomic E-state index is 12.6. The van der Waals surface area contributed by atoms with Crippen molar-refractivity contribution in [2.24, 2.45) is 0 Å². The molecule has 1 fully saturated rings. The van der Waals surface area contributed by atoms with E-state index in [1.54, 1.807) is 4.68 Å². The molecule has 1 amide bonds. The summed E-state index contributed by atoms with van der Waals surface area (Å²) in [7, 11) is 0. The molecule has 0 spiro atoms. The van der Waals surface area contributed by atoms with Crippen molar-refractivity contribution in [1.82, 2.24) is 19.9 Å². The first kappa shape index (κ1) is 15.6. The quantitative estimate of drug-likeness (QED) is 0.803. The van der Waals surface area contributed by atoms with Gasteiger partial charge in [0.2, 0.25) is 0 Å². The molecule has 3 rings (SSSR count). The fourth-order valence-corrected chi connectivity index (χ4v) is 3.60. The van der Waals surface area contributed by atoms with Gasteiger partial charge in [-0.05, 0) is 37.6 Å². The molecule has 22 heavy (non-hydrogen) atoms. The lowest BCUT2D eigenvalue weighted by Crippen LogP contribution is -2.38. The van der Waals surface area contributed by atoms with E-state index in [1.807, 2.05) is 48.7 Å². The van der Waals surface area contributed by atoms with E-state index in [0.717, 1.165) is 46.0 Å². The number of thioether (sulfide) groups is 1. The van der Waals surface area contributed by atoms with E-state index in [-0.39, 0.29) is 5.91 Å². The molecule has 116 valence electrons. The van der Waals surface area contributed by atoms with Gasteiger partial charge in [0.15, 0.2) is 5.69 Å². The molecule has 0 bridgehead atoms. The molecule has 7 heteroatoms. The summed E-state index contributed by atoms with van der Waals surface area (Å²) in [6.45, 7) is 5.49. The Kier molecular flexibility index (Phi) is 4.54. The summed E-state index contributed by atoms with van der Waals surface area (Å²) in [5.41, 5.74) is 3.27. The number of hydrogen-bond donors (Lipinski definition) is 0. The third kappa shape index (κ3) is 2.92. The molecular formula is C15H17BrN4OS. The highest BCUT2D eigenvalue weighted by molar-refractivity contribution is 9.10. The minimum atomic E-state index is -0.0158. The molecule has 1 aromatic carbocycles. The number of halogens is 1. The van der Waals surface area contributed by atoms with Crippen LogP contribution in [0.4, 0.5) is 0 Å². The Hall–Kier alpha value is -1.34. The van der Waals surface area contributed by atoms with E-state index in [1.165, 1.54) is 0 Å². The average molecular weight is 381 g/mol. The Bertz CT molecular complexity index is 710. The maximum Gasteiger partial charge on any atom is 0.276 e. The predicted octanol–water partition coefficient (Wildman–Crippen LogP) is 2.84. The first-order valence-electron chi connectivity index (χ1n) is 7.14. The lowest BCUT2D eigenvalue weighted by Gasteiger charge is -2.25. The van der Waals surface area contributed by atoms with Gasteiger partial charge in [-0.25, -0.2) is 4.68 Å². The molecule has 0 unspecified atom stereocenters. The Morgan fingerprint density at radius 2 is 2.00 bits per heavy atom. The highest BCUT2D eigenvalue weighted by Crippen LogP contribution is 2.21. The third-order valence-corrected chi connectivity index (χ3v) is 5.61. The van der Waals surface area contributed by atoms with Gasteiger partial charge in [-0.15, -0.1) is 5.10 Å². The van der Waals surface area contributed by atoms with Crippen LogP contribution in [0, 0.1) is 13.8 Å². The zero-order valence-electron chi connectivity index (χ0n) is 12.5. The Morgan fingerprint density at radius 3 is 2.68 bits per heavy atom. The number of hydrogen-bond acceptors (Lipinski definition) is 4. The van der Waals surface area contributed by atoms with Gasteiger partial charge >= 0.3 is 0 Å². The minimum Gasteiger partial charge on any atom is -0.336 e. The second-order valence-electron chi connectivity index (χ2n) is 5.27. The van der Waals surface area contributed by atoms with Crippen molar-refractivity contribution in [2.75, 3.05) is 24.6 Å². The molecular weight excluding hydrogens is 364 g/mol. The third-order valence-electron chi connectivity index (χ3n) is 3.78. The highest BCUT2D eigenvalue weighted by atomic mass is 79.9. The number of carbonyl (C=O) groups excluding carboxylic acids is 1. The maximum atomic E-state index is 12.6. The van der Waals surface area contributed by atoms with E-state index in [0.29, 0.717) is 5.69 Å². The van der Waals surface area contributed by atoms with E-state index in [9.17, 15) is 4.79 Å². The molecule has 0 saturated carbocycles. The first-order valence-corrected chi connectivity index (χ1v) is 9.08. The number of aromatic nitrogens is 3. The van der Waals surface area contributed by atoms with Crippen LogP contribution in [0.3, 0.4) is 0 Å². The Labute approximate surface area is 142 Å². The fourth-order valence-electron chi connectivity index (χ4n) is 2.45. The van der Waals surface area contributed by atoms with Crippen molar-refractivity contribution in [3.63, 3.8) is 0 Å². The molecule has 1 aliphatic rings. The molecule has 0 atom stereocenters. The van der Waals surface area contributed by atoms with E-state index >= 15 is 0 Å². The lowest BCUT2D eigenvalue weighted by atomic mass is 10.2. The van der Waals surface area contributed by atoms with Crippen molar-refractivity contribution < 1.29 is 4.79 Å². The van der Waals surface area contributed by atoms with Crippen LogP contribution in [0.1, 0.15) is 21.7 Å². The normalized spacial score (nSPS) is 15.1. The summed E-state index contributed by atoms with van der Waals surface area (Å²) in [6.07, 6.45) is 0. The van der Waals surface area contributed by atoms with Gasteiger partial charge in [0.25, 0.3) is 5.91 Å². The van der Waals surface area contributed by atoms with Crippen LogP contribution in [0.5, 0.6) is 0 Å². The molecule has 1 aliphatic heterocycles. The molecule has 1 saturated heterocycles. The summed E-state index contributed by atoms with van der Waals surface area (Å²) >= 11 is 5.37. The van der Waals surface area contributed by atoms with Crippen LogP contribution in [0.25, 0.3) is 5.69 Å². The zero-order valence-corrected chi connectivity index (χ0v) is 14.9. The number of nitrogens with zero attached hydrogens (tertiary/aromatic N) is 4. The molecule has 0 aliphatic carbocycles. The Morgan fingerprint density at radius 1 is 1.27 bits per heavy atom. The van der Waals surface area contributed by atoms with Crippen molar-refractivity contribution in [3.8, 4) is 5.69 Å². The summed E-state index contributed by atoms with van der Waals surface area (Å²) in [6, 6.07) is 5.97. The standard InChI is InChI=1S/C15H17BrN4OS/c1-10-9-12(3-4-13(10)16)20-11(2)14(17-18-20)15(21)19-5-7-22-8-6-19/h3-4,9H,5-8H2,1-2H3. The van der Waals surface area contributed by atoms with Crippen LogP contribution in [-0.4, -0.2) is 50.4 Å². The van der Waals surface area contributed by atoms with Gasteiger partial charge in [-0.1, -0.05) is 21.1 Å². The van der Waals surface area contributed by atoms with Crippen LogP contribution in [-0.2, 0) is 0 Å². The van der Waals surface area contributed by atoms with Gasteiger partial charge in [0, 0.05) is 29.1 Å². The van der Waals surface area contributed by atoms with Crippen molar-refractivity contribution in [1.29, 1.82) is 0 Å². The van der Waals surface area contributed by atoms with Crippen LogP contribution < -0.4 is 0 Å². The number of aryl methyl sites for hydroxylation is 1. The summed E-state index contributed by atoms with van der Waals surface area (Å²) in [4.78, 5) is 14.4. The van der Waals surface area contributed by atoms with Gasteiger partial charge in [-0.3, -0.25) is 4.79 Å². The van der Waals surface area contributed by atoms with Crippen LogP contribution in [0.15, 0.2) is 22.7 Å². The lowest BCUT2D eigenvalue weighted by molar-refractivity contribution is 0.0765. The second kappa shape index (κ2) is 6.42. The van der Waals surface area contributed by atoms with E-state index < -0.39 is 0 Å². The number of rotatable bonds is 2. The fraction of sp³-hybridized carbons (Fsp3) is 0.400. The summed E-state index contributed by atoms with van der Waals surface area (Å²) in [5.74, 6) is 1.97. The number of amides is 1. The zero-order chi connectivity index (χ0) is 15.7. The smallest absolute Gasteiger partial charge is 0.276 e. The summed E-state index contributed by atoms with van der Waals surface area (Å²) in [5, 5.41) is 8.29. The second-order valence-corrected chi connectivity index (χ2v) is 7.35. The predicted molar refractivity (Wildman–Crippen MR) is 91.8 cm³/mol. The van der Waals surface area contributed by atoms with Crippen LogP contribution in [0.2, 0.25) is 0 Å². The monoisotopic (exact) mass is 380 g/mol. The minimum absolute atomic E-state index is 0.0158. The van der Waals surface area contributed by atoms with Gasteiger partial charge in [-0.2, -0.15) is 11.8 Å². The number of benzene rings is 1. The molecule has 2 aromatic rings. The SMILES string of the molecule is Cc1cc(-n2nnc(C(=O)N3CCSCC3)c2C)ccc1Br. The first-order chi connectivity index (χ1) is 10.6. The van der Waals surface area contributed by atoms with E-state index in [4.69, 9.17) is 0 Å². The van der Waals surface area contributed by atoms with Crippen molar-refractivity contribution in [3.05, 3.63) is 39.6 Å². The summed E-state index contributed by atoms with van der Waals surface area (Å²) < 4.78 is 2.78. The molecule has 2 heterocycles. The average Bonchev–Trinajstić information content (AvgIpc) is 2.92. The van der Waals surface area contributed by atoms with Crippen LogP contribution >= 0.6 is 27.7 Å². The van der Waals surface area contributed by atoms with Gasteiger partial charge in [0.05, 0.1) is 11.4 Å². The molecule has 0 N–H and O–H groups in total. The largest absolute Gasteiger partial charge is 0.336 e. The Balaban J connectivity index is 1.91. The van der Waals surface area contributed by atoms with E-state index in [2.05, 4.69) is 26.2 Å². The number of carbonyl (C=O) groups is 1.